The molecule has 3 unspecified atom stereocenters. The van der Waals surface area contributed by atoms with Gasteiger partial charge in [-0.15, -0.1) is 0 Å². The molecule has 0 aromatic carbocycles. The van der Waals surface area contributed by atoms with Crippen LogP contribution in [0, 0.1) is 0 Å². The van der Waals surface area contributed by atoms with Gasteiger partial charge in [0.25, 0.3) is 0 Å². The van der Waals surface area contributed by atoms with Crippen molar-refractivity contribution in [2.45, 2.75) is 69.2 Å². The first-order valence-corrected chi connectivity index (χ1v) is 7.00. The maximum atomic E-state index is 12.3. The molecule has 4 nitrogen and oxygen atoms in total. The predicted octanol–water partition coefficient (Wildman–Crippen LogP) is 0.643. The van der Waals surface area contributed by atoms with Crippen LogP contribution in [0.2, 0.25) is 0 Å². The molecule has 4 heteroatoms. The van der Waals surface area contributed by atoms with Crippen LogP contribution in [0.25, 0.3) is 0 Å². The number of nitrogens with zero attached hydrogens (tertiary/aromatic N) is 1. The lowest BCUT2D eigenvalue weighted by Gasteiger charge is -2.35. The van der Waals surface area contributed by atoms with Gasteiger partial charge >= 0.3 is 0 Å². The molecule has 2 aliphatic carbocycles. The van der Waals surface area contributed by atoms with Gasteiger partial charge in [-0.25, -0.2) is 0 Å². The van der Waals surface area contributed by atoms with Crippen LogP contribution in [0.1, 0.15) is 44.9 Å². The number of hydrogen-bond acceptors (Lipinski definition) is 3. The van der Waals surface area contributed by atoms with Gasteiger partial charge < -0.3 is 15.3 Å². The molecule has 1 aliphatic heterocycles. The van der Waals surface area contributed by atoms with E-state index in [0.717, 1.165) is 38.6 Å². The van der Waals surface area contributed by atoms with E-state index in [0.29, 0.717) is 6.04 Å². The Morgan fingerprint density at radius 1 is 1.12 bits per heavy atom. The maximum Gasteiger partial charge on any atom is 0.240 e. The summed E-state index contributed by atoms with van der Waals surface area (Å²) in [5.74, 6) is 0.225. The van der Waals surface area contributed by atoms with Crippen LogP contribution in [0.15, 0.2) is 0 Å². The standard InChI is InChI=1S/C13H22N2O2/c16-12-4-2-1-3-11(12)15-8-7-10(13(15)17)14-9-5-6-9/h9-12,14,16H,1-8H2. The Morgan fingerprint density at radius 3 is 2.59 bits per heavy atom. The zero-order valence-corrected chi connectivity index (χ0v) is 10.3. The van der Waals surface area contributed by atoms with Crippen molar-refractivity contribution in [1.29, 1.82) is 0 Å². The van der Waals surface area contributed by atoms with Crippen LogP contribution in [0.5, 0.6) is 0 Å². The van der Waals surface area contributed by atoms with Crippen molar-refractivity contribution in [3.05, 3.63) is 0 Å². The van der Waals surface area contributed by atoms with Crippen LogP contribution in [0.4, 0.5) is 0 Å². The molecule has 96 valence electrons. The summed E-state index contributed by atoms with van der Waals surface area (Å²) in [6.45, 7) is 0.824. The molecule has 0 aromatic heterocycles. The summed E-state index contributed by atoms with van der Waals surface area (Å²) >= 11 is 0. The highest BCUT2D eigenvalue weighted by molar-refractivity contribution is 5.84. The first-order valence-electron chi connectivity index (χ1n) is 7.00. The molecule has 3 fully saturated rings. The van der Waals surface area contributed by atoms with Crippen LogP contribution < -0.4 is 5.32 Å². The van der Waals surface area contributed by atoms with Crippen molar-refractivity contribution < 1.29 is 9.90 Å². The number of likely N-dealkylation sites (tertiary alicyclic amines) is 1. The number of carbonyl (C=O) groups is 1. The third-order valence-electron chi connectivity index (χ3n) is 4.35. The molecule has 0 aromatic rings. The summed E-state index contributed by atoms with van der Waals surface area (Å²) in [6, 6.07) is 0.694. The number of aliphatic hydroxyl groups excluding tert-OH is 1. The fraction of sp³-hybridized carbons (Fsp3) is 0.923. The first-order chi connectivity index (χ1) is 8.25. The third kappa shape index (κ3) is 2.33. The second kappa shape index (κ2) is 4.58. The van der Waals surface area contributed by atoms with Crippen molar-refractivity contribution in [2.75, 3.05) is 6.54 Å². The molecule has 3 atom stereocenters. The van der Waals surface area contributed by atoms with E-state index in [1.54, 1.807) is 0 Å². The number of amides is 1. The van der Waals surface area contributed by atoms with Gasteiger partial charge in [0.1, 0.15) is 0 Å². The summed E-state index contributed by atoms with van der Waals surface area (Å²) in [4.78, 5) is 14.2. The van der Waals surface area contributed by atoms with E-state index in [2.05, 4.69) is 5.32 Å². The van der Waals surface area contributed by atoms with Crippen molar-refractivity contribution in [2.24, 2.45) is 0 Å². The molecule has 3 rings (SSSR count). The summed E-state index contributed by atoms with van der Waals surface area (Å²) in [6.07, 6.45) is 7.13. The lowest BCUT2D eigenvalue weighted by molar-refractivity contribution is -0.134. The lowest BCUT2D eigenvalue weighted by atomic mass is 9.91. The van der Waals surface area contributed by atoms with Gasteiger partial charge in [0, 0.05) is 12.6 Å². The number of nitrogens with one attached hydrogen (secondary N) is 1. The maximum absolute atomic E-state index is 12.3. The summed E-state index contributed by atoms with van der Waals surface area (Å²) < 4.78 is 0. The van der Waals surface area contributed by atoms with E-state index < -0.39 is 0 Å². The molecule has 0 spiro atoms. The van der Waals surface area contributed by atoms with Gasteiger partial charge in [-0.3, -0.25) is 4.79 Å². The van der Waals surface area contributed by atoms with Crippen molar-refractivity contribution in [1.82, 2.24) is 10.2 Å². The van der Waals surface area contributed by atoms with E-state index in [4.69, 9.17) is 0 Å². The smallest absolute Gasteiger partial charge is 0.240 e. The fourth-order valence-electron chi connectivity index (χ4n) is 3.18. The van der Waals surface area contributed by atoms with Crippen LogP contribution in [-0.2, 0) is 4.79 Å². The zero-order chi connectivity index (χ0) is 11.8. The quantitative estimate of drug-likeness (QED) is 0.759. The van der Waals surface area contributed by atoms with Gasteiger partial charge in [0.05, 0.1) is 18.2 Å². The molecule has 2 saturated carbocycles. The minimum absolute atomic E-state index is 0.0247. The Bertz CT molecular complexity index is 304. The average Bonchev–Trinajstić information content (AvgIpc) is 3.07. The molecule has 0 bridgehead atoms. The Labute approximate surface area is 102 Å². The number of hydrogen-bond donors (Lipinski definition) is 2. The van der Waals surface area contributed by atoms with Crippen LogP contribution >= 0.6 is 0 Å². The van der Waals surface area contributed by atoms with E-state index in [1.807, 2.05) is 4.90 Å². The summed E-state index contributed by atoms with van der Waals surface area (Å²) in [5, 5.41) is 13.4. The summed E-state index contributed by atoms with van der Waals surface area (Å²) in [7, 11) is 0. The van der Waals surface area contributed by atoms with Crippen molar-refractivity contribution >= 4 is 5.91 Å². The molecule has 1 heterocycles. The monoisotopic (exact) mass is 238 g/mol. The normalized spacial score (nSPS) is 38.8. The predicted molar refractivity (Wildman–Crippen MR) is 64.5 cm³/mol. The number of rotatable bonds is 3. The molecule has 0 radical (unpaired) electrons. The highest BCUT2D eigenvalue weighted by atomic mass is 16.3. The van der Waals surface area contributed by atoms with Gasteiger partial charge in [-0.2, -0.15) is 0 Å². The lowest BCUT2D eigenvalue weighted by Crippen LogP contribution is -2.49. The molecule has 1 amide bonds. The fourth-order valence-corrected chi connectivity index (χ4v) is 3.18. The van der Waals surface area contributed by atoms with E-state index >= 15 is 0 Å². The SMILES string of the molecule is O=C1C(NC2CC2)CCN1C1CCCCC1O. The van der Waals surface area contributed by atoms with Gasteiger partial charge in [-0.05, 0) is 32.1 Å². The van der Waals surface area contributed by atoms with E-state index in [-0.39, 0.29) is 24.1 Å². The second-order valence-electron chi connectivity index (χ2n) is 5.73. The number of aliphatic hydroxyl groups is 1. The molecule has 2 N–H and O–H groups in total. The minimum Gasteiger partial charge on any atom is -0.391 e. The van der Waals surface area contributed by atoms with Crippen LogP contribution in [-0.4, -0.2) is 46.7 Å². The molecule has 1 saturated heterocycles. The first kappa shape index (κ1) is 11.5. The highest BCUT2D eigenvalue weighted by Crippen LogP contribution is 2.28. The average molecular weight is 238 g/mol. The molecule has 3 aliphatic rings. The van der Waals surface area contributed by atoms with Crippen molar-refractivity contribution in [3.63, 3.8) is 0 Å². The van der Waals surface area contributed by atoms with Gasteiger partial charge in [0.15, 0.2) is 0 Å². The Morgan fingerprint density at radius 2 is 1.88 bits per heavy atom. The third-order valence-corrected chi connectivity index (χ3v) is 4.35. The Kier molecular flexibility index (Phi) is 3.09. The molecule has 17 heavy (non-hydrogen) atoms. The topological polar surface area (TPSA) is 52.6 Å². The molecular weight excluding hydrogens is 216 g/mol. The second-order valence-corrected chi connectivity index (χ2v) is 5.73. The van der Waals surface area contributed by atoms with Crippen molar-refractivity contribution in [3.8, 4) is 0 Å². The Hall–Kier alpha value is -0.610. The summed E-state index contributed by atoms with van der Waals surface area (Å²) in [5.41, 5.74) is 0. The number of carbonyl (C=O) groups excluding carboxylic acids is 1. The van der Waals surface area contributed by atoms with Gasteiger partial charge in [-0.1, -0.05) is 12.8 Å². The van der Waals surface area contributed by atoms with E-state index in [1.165, 1.54) is 12.8 Å². The van der Waals surface area contributed by atoms with Gasteiger partial charge in [0.2, 0.25) is 5.91 Å². The minimum atomic E-state index is -0.299. The van der Waals surface area contributed by atoms with Crippen LogP contribution in [0.3, 0.4) is 0 Å². The highest BCUT2D eigenvalue weighted by Gasteiger charge is 2.40. The largest absolute Gasteiger partial charge is 0.391 e. The molecular formula is C13H22N2O2. The van der Waals surface area contributed by atoms with E-state index in [9.17, 15) is 9.90 Å². The Balaban J connectivity index is 1.61. The zero-order valence-electron chi connectivity index (χ0n) is 10.3.